The molecule has 0 heterocycles. The minimum atomic E-state index is -1.08. The quantitative estimate of drug-likeness (QED) is 0.152. The lowest BCUT2D eigenvalue weighted by Crippen LogP contribution is -2.39. The zero-order valence-corrected chi connectivity index (χ0v) is 23.7. The van der Waals surface area contributed by atoms with Gasteiger partial charge in [-0.15, -0.1) is 0 Å². The van der Waals surface area contributed by atoms with Crippen LogP contribution < -0.4 is 14.2 Å². The monoisotopic (exact) mass is 532 g/mol. The van der Waals surface area contributed by atoms with E-state index in [2.05, 4.69) is 6.92 Å². The van der Waals surface area contributed by atoms with Crippen molar-refractivity contribution in [2.45, 2.75) is 72.0 Å². The smallest absolute Gasteiger partial charge is 0.349 e. The maximum Gasteiger partial charge on any atom is 0.349 e. The van der Waals surface area contributed by atoms with Gasteiger partial charge in [-0.05, 0) is 82.5 Å². The Hall–Kier alpha value is -3.80. The van der Waals surface area contributed by atoms with Crippen molar-refractivity contribution in [1.82, 2.24) is 0 Å². The first-order valence-corrected chi connectivity index (χ1v) is 13.7. The number of hydrogen-bond acceptors (Lipinski definition) is 6. The van der Waals surface area contributed by atoms with Gasteiger partial charge in [0, 0.05) is 12.0 Å². The van der Waals surface area contributed by atoms with Crippen LogP contribution in [0.1, 0.15) is 75.4 Å². The van der Waals surface area contributed by atoms with E-state index in [0.29, 0.717) is 48.0 Å². The van der Waals surface area contributed by atoms with Gasteiger partial charge < -0.3 is 18.9 Å². The van der Waals surface area contributed by atoms with Crippen molar-refractivity contribution in [3.63, 3.8) is 0 Å². The van der Waals surface area contributed by atoms with Crippen molar-refractivity contribution in [3.05, 3.63) is 89.5 Å². The Morgan fingerprint density at radius 3 is 2.26 bits per heavy atom. The molecule has 0 bridgehead atoms. The van der Waals surface area contributed by atoms with Crippen LogP contribution in [0.2, 0.25) is 0 Å². The van der Waals surface area contributed by atoms with Crippen molar-refractivity contribution in [2.24, 2.45) is 0 Å². The zero-order chi connectivity index (χ0) is 28.3. The first kappa shape index (κ1) is 29.8. The number of hydrogen-bond donors (Lipinski definition) is 0. The van der Waals surface area contributed by atoms with Crippen LogP contribution in [0.25, 0.3) is 0 Å². The van der Waals surface area contributed by atoms with Gasteiger partial charge in [0.25, 0.3) is 0 Å². The van der Waals surface area contributed by atoms with Crippen LogP contribution in [-0.2, 0) is 16.0 Å². The minimum Gasteiger partial charge on any atom is -0.493 e. The highest BCUT2D eigenvalue weighted by Gasteiger charge is 2.31. The number of esters is 1. The summed E-state index contributed by atoms with van der Waals surface area (Å²) in [6, 6.07) is 22.3. The number of ether oxygens (including phenoxy) is 4. The van der Waals surface area contributed by atoms with Gasteiger partial charge in [-0.3, -0.25) is 4.79 Å². The van der Waals surface area contributed by atoms with Crippen LogP contribution in [-0.4, -0.2) is 36.7 Å². The Kier molecular flexibility index (Phi) is 11.0. The van der Waals surface area contributed by atoms with Gasteiger partial charge in [-0.2, -0.15) is 0 Å². The maximum absolute atomic E-state index is 13.3. The van der Waals surface area contributed by atoms with E-state index in [4.69, 9.17) is 18.9 Å². The molecule has 0 saturated heterocycles. The molecule has 1 unspecified atom stereocenters. The summed E-state index contributed by atoms with van der Waals surface area (Å²) in [4.78, 5) is 25.4. The van der Waals surface area contributed by atoms with Crippen molar-refractivity contribution >= 4 is 11.8 Å². The molecule has 0 saturated carbocycles. The number of rotatable bonds is 15. The van der Waals surface area contributed by atoms with Gasteiger partial charge in [-0.1, -0.05) is 49.7 Å². The molecule has 0 amide bonds. The van der Waals surface area contributed by atoms with Gasteiger partial charge in [0.2, 0.25) is 0 Å². The number of ketones is 1. The van der Waals surface area contributed by atoms with Crippen molar-refractivity contribution in [1.29, 1.82) is 0 Å². The summed E-state index contributed by atoms with van der Waals surface area (Å²) in [7, 11) is 0. The van der Waals surface area contributed by atoms with E-state index in [1.54, 1.807) is 45.0 Å². The molecule has 0 aliphatic rings. The summed E-state index contributed by atoms with van der Waals surface area (Å²) in [5.41, 5.74) is 1.28. The maximum atomic E-state index is 13.3. The fourth-order valence-electron chi connectivity index (χ4n) is 4.00. The summed E-state index contributed by atoms with van der Waals surface area (Å²) in [6.07, 6.45) is 3.56. The second-order valence-electron chi connectivity index (χ2n) is 10.00. The highest BCUT2D eigenvalue weighted by atomic mass is 16.6. The molecule has 0 aliphatic carbocycles. The molecular formula is C33H40O6. The lowest BCUT2D eigenvalue weighted by Gasteiger charge is -2.24. The van der Waals surface area contributed by atoms with E-state index in [0.717, 1.165) is 24.8 Å². The molecule has 0 spiro atoms. The first-order chi connectivity index (χ1) is 18.7. The van der Waals surface area contributed by atoms with Crippen LogP contribution in [0.4, 0.5) is 0 Å². The molecule has 39 heavy (non-hydrogen) atoms. The van der Waals surface area contributed by atoms with Crippen LogP contribution in [0.3, 0.4) is 0 Å². The fraction of sp³-hybridized carbons (Fsp3) is 0.394. The molecular weight excluding hydrogens is 492 g/mol. The zero-order valence-electron chi connectivity index (χ0n) is 23.7. The molecule has 208 valence electrons. The predicted octanol–water partition coefficient (Wildman–Crippen LogP) is 7.22. The van der Waals surface area contributed by atoms with Gasteiger partial charge in [0.1, 0.15) is 17.2 Å². The summed E-state index contributed by atoms with van der Waals surface area (Å²) >= 11 is 0. The van der Waals surface area contributed by atoms with Gasteiger partial charge in [-0.25, -0.2) is 4.79 Å². The molecule has 1 atom stereocenters. The van der Waals surface area contributed by atoms with Gasteiger partial charge in [0.05, 0.1) is 24.9 Å². The van der Waals surface area contributed by atoms with Crippen LogP contribution in [0, 0.1) is 0 Å². The number of carbonyl (C=O) groups excluding carboxylic acids is 2. The van der Waals surface area contributed by atoms with Crippen molar-refractivity contribution in [2.75, 3.05) is 13.2 Å². The molecule has 6 heteroatoms. The second kappa shape index (κ2) is 14.4. The molecule has 0 N–H and O–H groups in total. The number of unbranched alkanes of at least 4 members (excludes halogenated alkanes) is 1. The van der Waals surface area contributed by atoms with E-state index in [1.165, 1.54) is 0 Å². The second-order valence-corrected chi connectivity index (χ2v) is 10.00. The molecule has 3 rings (SSSR count). The SMILES string of the molecule is CCCCc1ccc(OC(C)CCOc2ccc(OC(C)(C)C(=O)OCC)cc2)c(C(=O)c2ccccc2)c1. The molecule has 0 aliphatic heterocycles. The highest BCUT2D eigenvalue weighted by Crippen LogP contribution is 2.27. The predicted molar refractivity (Wildman–Crippen MR) is 153 cm³/mol. The number of aryl methyl sites for hydroxylation is 1. The van der Waals surface area contributed by atoms with Crippen LogP contribution in [0.5, 0.6) is 17.2 Å². The van der Waals surface area contributed by atoms with E-state index < -0.39 is 11.6 Å². The van der Waals surface area contributed by atoms with E-state index in [1.807, 2.05) is 55.5 Å². The highest BCUT2D eigenvalue weighted by molar-refractivity contribution is 6.10. The average Bonchev–Trinajstić information content (AvgIpc) is 2.93. The van der Waals surface area contributed by atoms with E-state index in [9.17, 15) is 9.59 Å². The summed E-state index contributed by atoms with van der Waals surface area (Å²) in [5, 5.41) is 0. The fourth-order valence-corrected chi connectivity index (χ4v) is 4.00. The lowest BCUT2D eigenvalue weighted by atomic mass is 9.98. The Bertz CT molecular complexity index is 1200. The topological polar surface area (TPSA) is 71.1 Å². The molecule has 3 aromatic carbocycles. The Balaban J connectivity index is 1.59. The molecule has 0 radical (unpaired) electrons. The molecule has 0 fully saturated rings. The first-order valence-electron chi connectivity index (χ1n) is 13.7. The van der Waals surface area contributed by atoms with Crippen LogP contribution in [0.15, 0.2) is 72.8 Å². The third kappa shape index (κ3) is 8.88. The molecule has 0 aromatic heterocycles. The third-order valence-electron chi connectivity index (χ3n) is 6.23. The standard InChI is InChI=1S/C33H40O6/c1-6-8-12-25-15-20-30(29(23-25)31(34)26-13-10-9-11-14-26)38-24(3)21-22-37-27-16-18-28(19-17-27)39-33(4,5)32(35)36-7-2/h9-11,13-20,23-24H,6-8,12,21-22H2,1-5H3. The summed E-state index contributed by atoms with van der Waals surface area (Å²) in [5.74, 6) is 1.37. The largest absolute Gasteiger partial charge is 0.493 e. The van der Waals surface area contributed by atoms with Gasteiger partial charge in [0.15, 0.2) is 11.4 Å². The van der Waals surface area contributed by atoms with E-state index >= 15 is 0 Å². The summed E-state index contributed by atoms with van der Waals surface area (Å²) in [6.45, 7) is 9.98. The molecule has 3 aromatic rings. The van der Waals surface area contributed by atoms with Crippen molar-refractivity contribution in [3.8, 4) is 17.2 Å². The molecule has 6 nitrogen and oxygen atoms in total. The Morgan fingerprint density at radius 1 is 0.897 bits per heavy atom. The summed E-state index contributed by atoms with van der Waals surface area (Å²) < 4.78 is 23.0. The normalized spacial score (nSPS) is 11.9. The van der Waals surface area contributed by atoms with Gasteiger partial charge >= 0.3 is 5.97 Å². The lowest BCUT2D eigenvalue weighted by molar-refractivity contribution is -0.158. The number of benzene rings is 3. The average molecular weight is 533 g/mol. The van der Waals surface area contributed by atoms with Crippen LogP contribution >= 0.6 is 0 Å². The third-order valence-corrected chi connectivity index (χ3v) is 6.23. The minimum absolute atomic E-state index is 0.0409. The Morgan fingerprint density at radius 2 is 1.59 bits per heavy atom. The van der Waals surface area contributed by atoms with Crippen molar-refractivity contribution < 1.29 is 28.5 Å². The van der Waals surface area contributed by atoms with E-state index in [-0.39, 0.29) is 11.9 Å². The number of carbonyl (C=O) groups is 2. The Labute approximate surface area is 232 Å².